The summed E-state index contributed by atoms with van der Waals surface area (Å²) >= 11 is 1.90. The van der Waals surface area contributed by atoms with Gasteiger partial charge in [0, 0.05) is 30.0 Å². The van der Waals surface area contributed by atoms with E-state index in [0.717, 1.165) is 38.3 Å². The number of rotatable bonds is 4. The van der Waals surface area contributed by atoms with Crippen molar-refractivity contribution in [2.75, 3.05) is 13.1 Å². The molecule has 2 aliphatic rings. The Morgan fingerprint density at radius 2 is 2.09 bits per heavy atom. The van der Waals surface area contributed by atoms with E-state index in [-0.39, 0.29) is 5.56 Å². The second kappa shape index (κ2) is 6.17. The van der Waals surface area contributed by atoms with Crippen LogP contribution in [0.4, 0.5) is 0 Å². The first kappa shape index (κ1) is 15.0. The van der Waals surface area contributed by atoms with Gasteiger partial charge in [-0.25, -0.2) is 9.67 Å². The first-order chi connectivity index (χ1) is 11.2. The van der Waals surface area contributed by atoms with E-state index in [1.54, 1.807) is 16.8 Å². The number of nitrogens with zero attached hydrogens (tertiary/aromatic N) is 4. The van der Waals surface area contributed by atoms with E-state index in [0.29, 0.717) is 5.92 Å². The molecule has 4 rings (SSSR count). The zero-order valence-corrected chi connectivity index (χ0v) is 14.3. The fourth-order valence-electron chi connectivity index (χ4n) is 3.51. The van der Waals surface area contributed by atoms with Crippen LogP contribution < -0.4 is 5.56 Å². The van der Waals surface area contributed by atoms with Gasteiger partial charge in [-0.2, -0.15) is 5.10 Å². The number of aryl methyl sites for hydroxylation is 3. The molecule has 5 nitrogen and oxygen atoms in total. The summed E-state index contributed by atoms with van der Waals surface area (Å²) in [6.45, 7) is 5.68. The van der Waals surface area contributed by atoms with Crippen LogP contribution in [0, 0.1) is 12.8 Å². The van der Waals surface area contributed by atoms with E-state index in [1.165, 1.54) is 34.8 Å². The van der Waals surface area contributed by atoms with Crippen molar-refractivity contribution in [1.82, 2.24) is 19.7 Å². The SMILES string of the molecule is Cc1ccc(=O)n(CC2CN(Cc3nc4c(s3)CCCC4)C2)n1. The third kappa shape index (κ3) is 3.23. The quantitative estimate of drug-likeness (QED) is 0.861. The summed E-state index contributed by atoms with van der Waals surface area (Å²) in [5.74, 6) is 0.525. The maximum absolute atomic E-state index is 11.8. The summed E-state index contributed by atoms with van der Waals surface area (Å²) in [5, 5.41) is 5.59. The molecule has 0 atom stereocenters. The van der Waals surface area contributed by atoms with Crippen LogP contribution in [0.2, 0.25) is 0 Å². The maximum atomic E-state index is 11.8. The molecule has 2 aromatic heterocycles. The van der Waals surface area contributed by atoms with Gasteiger partial charge in [0.15, 0.2) is 0 Å². The van der Waals surface area contributed by atoms with Crippen molar-refractivity contribution in [1.29, 1.82) is 0 Å². The third-order valence-corrected chi connectivity index (χ3v) is 5.85. The van der Waals surface area contributed by atoms with Crippen molar-refractivity contribution < 1.29 is 0 Å². The molecule has 1 fully saturated rings. The summed E-state index contributed by atoms with van der Waals surface area (Å²) in [6, 6.07) is 3.38. The lowest BCUT2D eigenvalue weighted by molar-refractivity contribution is 0.0764. The monoisotopic (exact) mass is 330 g/mol. The summed E-state index contributed by atoms with van der Waals surface area (Å²) < 4.78 is 1.61. The standard InChI is InChI=1S/C17H22N4OS/c1-12-6-7-17(22)21(19-12)10-13-8-20(9-13)11-16-18-14-4-2-3-5-15(14)23-16/h6-7,13H,2-5,8-11H2,1H3. The predicted molar refractivity (Wildman–Crippen MR) is 90.8 cm³/mol. The van der Waals surface area contributed by atoms with Crippen LogP contribution in [0.5, 0.6) is 0 Å². The van der Waals surface area contributed by atoms with Crippen LogP contribution in [0.15, 0.2) is 16.9 Å². The highest BCUT2D eigenvalue weighted by atomic mass is 32.1. The lowest BCUT2D eigenvalue weighted by atomic mass is 10.0. The second-order valence-electron chi connectivity index (χ2n) is 6.74. The van der Waals surface area contributed by atoms with Gasteiger partial charge >= 0.3 is 0 Å². The number of fused-ring (bicyclic) bond motifs is 1. The summed E-state index contributed by atoms with van der Waals surface area (Å²) in [5.41, 5.74) is 2.25. The van der Waals surface area contributed by atoms with Crippen LogP contribution in [0.1, 0.15) is 34.1 Å². The molecule has 0 amide bonds. The highest BCUT2D eigenvalue weighted by Crippen LogP contribution is 2.29. The van der Waals surface area contributed by atoms with E-state index in [2.05, 4.69) is 10.00 Å². The molecule has 23 heavy (non-hydrogen) atoms. The number of thiazole rings is 1. The number of aromatic nitrogens is 3. The summed E-state index contributed by atoms with van der Waals surface area (Å²) in [6.07, 6.45) is 4.99. The molecule has 0 radical (unpaired) electrons. The Bertz CT molecular complexity index is 737. The van der Waals surface area contributed by atoms with E-state index in [4.69, 9.17) is 4.98 Å². The molecule has 0 bridgehead atoms. The minimum atomic E-state index is 0.00153. The van der Waals surface area contributed by atoms with E-state index >= 15 is 0 Å². The van der Waals surface area contributed by atoms with Crippen molar-refractivity contribution in [2.45, 2.75) is 45.7 Å². The Labute approximate surface area is 140 Å². The van der Waals surface area contributed by atoms with Crippen LogP contribution in [0.3, 0.4) is 0 Å². The molecule has 1 saturated heterocycles. The highest BCUT2D eigenvalue weighted by molar-refractivity contribution is 7.11. The first-order valence-corrected chi connectivity index (χ1v) is 9.23. The molecule has 122 valence electrons. The van der Waals surface area contributed by atoms with Gasteiger partial charge in [0.05, 0.1) is 24.5 Å². The largest absolute Gasteiger partial charge is 0.296 e. The molecule has 0 N–H and O–H groups in total. The highest BCUT2D eigenvalue weighted by Gasteiger charge is 2.28. The zero-order valence-electron chi connectivity index (χ0n) is 13.5. The van der Waals surface area contributed by atoms with Crippen molar-refractivity contribution in [3.8, 4) is 0 Å². The lowest BCUT2D eigenvalue weighted by Gasteiger charge is -2.38. The van der Waals surface area contributed by atoms with Crippen LogP contribution >= 0.6 is 11.3 Å². The fraction of sp³-hybridized carbons (Fsp3) is 0.588. The molecule has 0 aromatic carbocycles. The Morgan fingerprint density at radius 3 is 2.91 bits per heavy atom. The van der Waals surface area contributed by atoms with Crippen molar-refractivity contribution in [3.05, 3.63) is 43.8 Å². The normalized spacial score (nSPS) is 18.7. The third-order valence-electron chi connectivity index (χ3n) is 4.71. The van der Waals surface area contributed by atoms with Crippen LogP contribution in [0.25, 0.3) is 0 Å². The molecular formula is C17H22N4OS. The topological polar surface area (TPSA) is 51.0 Å². The molecule has 1 aliphatic heterocycles. The van der Waals surface area contributed by atoms with Crippen molar-refractivity contribution in [3.63, 3.8) is 0 Å². The van der Waals surface area contributed by atoms with Gasteiger partial charge in [-0.1, -0.05) is 0 Å². The van der Waals surface area contributed by atoms with Gasteiger partial charge in [0.25, 0.3) is 5.56 Å². The Hall–Kier alpha value is -1.53. The number of likely N-dealkylation sites (tertiary alicyclic amines) is 1. The Morgan fingerprint density at radius 1 is 1.26 bits per heavy atom. The van der Waals surface area contributed by atoms with Crippen molar-refractivity contribution in [2.24, 2.45) is 5.92 Å². The van der Waals surface area contributed by atoms with Gasteiger partial charge in [-0.05, 0) is 38.7 Å². The van der Waals surface area contributed by atoms with E-state index in [9.17, 15) is 4.79 Å². The molecule has 1 aliphatic carbocycles. The average Bonchev–Trinajstić information content (AvgIpc) is 2.91. The van der Waals surface area contributed by atoms with Crippen LogP contribution in [-0.4, -0.2) is 32.8 Å². The van der Waals surface area contributed by atoms with E-state index in [1.807, 2.05) is 18.3 Å². The lowest BCUT2D eigenvalue weighted by Crippen LogP contribution is -2.48. The van der Waals surface area contributed by atoms with Gasteiger partial charge in [-0.15, -0.1) is 11.3 Å². The maximum Gasteiger partial charge on any atom is 0.266 e. The number of hydrogen-bond donors (Lipinski definition) is 0. The predicted octanol–water partition coefficient (Wildman–Crippen LogP) is 2.02. The molecule has 6 heteroatoms. The molecule has 0 spiro atoms. The Kier molecular flexibility index (Phi) is 4.03. The van der Waals surface area contributed by atoms with Gasteiger partial charge in [-0.3, -0.25) is 9.69 Å². The van der Waals surface area contributed by atoms with Gasteiger partial charge < -0.3 is 0 Å². The first-order valence-electron chi connectivity index (χ1n) is 8.42. The molecule has 2 aromatic rings. The summed E-state index contributed by atoms with van der Waals surface area (Å²) in [4.78, 5) is 20.6. The minimum absolute atomic E-state index is 0.00153. The van der Waals surface area contributed by atoms with Gasteiger partial charge in [0.1, 0.15) is 5.01 Å². The Balaban J connectivity index is 1.32. The zero-order chi connectivity index (χ0) is 15.8. The molecule has 3 heterocycles. The average molecular weight is 330 g/mol. The molecule has 0 unspecified atom stereocenters. The molecule has 0 saturated carbocycles. The fourth-order valence-corrected chi connectivity index (χ4v) is 4.71. The van der Waals surface area contributed by atoms with E-state index < -0.39 is 0 Å². The molecular weight excluding hydrogens is 308 g/mol. The van der Waals surface area contributed by atoms with Crippen molar-refractivity contribution >= 4 is 11.3 Å². The summed E-state index contributed by atoms with van der Waals surface area (Å²) in [7, 11) is 0. The van der Waals surface area contributed by atoms with Gasteiger partial charge in [0.2, 0.25) is 0 Å². The second-order valence-corrected chi connectivity index (χ2v) is 7.91. The van der Waals surface area contributed by atoms with Crippen LogP contribution in [-0.2, 0) is 25.9 Å². The number of hydrogen-bond acceptors (Lipinski definition) is 5. The minimum Gasteiger partial charge on any atom is -0.296 e. The smallest absolute Gasteiger partial charge is 0.266 e.